The lowest BCUT2D eigenvalue weighted by Crippen LogP contribution is -2.51. The molecule has 0 amide bonds. The Balaban J connectivity index is 1.95. The number of hydrogen-bond donors (Lipinski definition) is 1. The lowest BCUT2D eigenvalue weighted by atomic mass is 9.87. The Morgan fingerprint density at radius 3 is 2.71 bits per heavy atom. The van der Waals surface area contributed by atoms with E-state index in [1.165, 1.54) is 12.8 Å². The van der Waals surface area contributed by atoms with Crippen molar-refractivity contribution >= 4 is 6.29 Å². The van der Waals surface area contributed by atoms with Gasteiger partial charge in [-0.2, -0.15) is 0 Å². The number of aldehydes is 1. The largest absolute Gasteiger partial charge is 0.394 e. The summed E-state index contributed by atoms with van der Waals surface area (Å²) in [6.45, 7) is 4.54. The smallest absolute Gasteiger partial charge is 0.127 e. The molecule has 0 aromatic carbocycles. The highest BCUT2D eigenvalue weighted by Crippen LogP contribution is 2.37. The number of nitrogens with zero attached hydrogens (tertiary/aromatic N) is 1. The van der Waals surface area contributed by atoms with E-state index in [0.717, 1.165) is 38.8 Å². The van der Waals surface area contributed by atoms with Crippen LogP contribution in [0.15, 0.2) is 0 Å². The number of carbonyl (C=O) groups is 1. The first-order valence-electron chi connectivity index (χ1n) is 6.62. The third kappa shape index (κ3) is 3.06. The third-order valence-corrected chi connectivity index (χ3v) is 3.99. The Labute approximate surface area is 103 Å². The van der Waals surface area contributed by atoms with E-state index >= 15 is 0 Å². The van der Waals surface area contributed by atoms with E-state index in [2.05, 4.69) is 4.90 Å². The number of aliphatic hydroxyl groups excluding tert-OH is 1. The predicted molar refractivity (Wildman–Crippen MR) is 64.8 cm³/mol. The molecule has 4 nitrogen and oxygen atoms in total. The summed E-state index contributed by atoms with van der Waals surface area (Å²) in [7, 11) is 0. The molecule has 2 rings (SSSR count). The summed E-state index contributed by atoms with van der Waals surface area (Å²) in [6, 6.07) is 0. The van der Waals surface area contributed by atoms with Gasteiger partial charge in [-0.25, -0.2) is 0 Å². The standard InChI is InChI=1S/C13H23NO3/c1-11-6-14(7-12(8-15)17-11)9-13(10-16)4-2-3-5-13/h10-12,15H,2-9H2,1H3. The molecule has 1 heterocycles. The molecule has 1 saturated carbocycles. The second-order valence-electron chi connectivity index (χ2n) is 5.63. The predicted octanol–water partition coefficient (Wildman–Crippen LogP) is 0.827. The van der Waals surface area contributed by atoms with Crippen LogP contribution in [0.5, 0.6) is 0 Å². The molecule has 2 unspecified atom stereocenters. The number of carbonyl (C=O) groups excluding carboxylic acids is 1. The van der Waals surface area contributed by atoms with Crippen molar-refractivity contribution in [1.29, 1.82) is 0 Å². The van der Waals surface area contributed by atoms with Gasteiger partial charge in [0.2, 0.25) is 0 Å². The van der Waals surface area contributed by atoms with Crippen LogP contribution < -0.4 is 0 Å². The first-order valence-corrected chi connectivity index (χ1v) is 6.62. The SMILES string of the molecule is CC1CN(CC2(C=O)CCCC2)CC(CO)O1. The highest BCUT2D eigenvalue weighted by Gasteiger charge is 2.37. The van der Waals surface area contributed by atoms with Crippen molar-refractivity contribution < 1.29 is 14.6 Å². The molecule has 0 aromatic heterocycles. The van der Waals surface area contributed by atoms with E-state index in [-0.39, 0.29) is 24.2 Å². The summed E-state index contributed by atoms with van der Waals surface area (Å²) < 4.78 is 5.62. The Hall–Kier alpha value is -0.450. The zero-order chi connectivity index (χ0) is 12.3. The molecular formula is C13H23NO3. The molecule has 0 radical (unpaired) electrons. The summed E-state index contributed by atoms with van der Waals surface area (Å²) >= 11 is 0. The second kappa shape index (κ2) is 5.46. The van der Waals surface area contributed by atoms with E-state index in [4.69, 9.17) is 4.74 Å². The van der Waals surface area contributed by atoms with Crippen LogP contribution >= 0.6 is 0 Å². The summed E-state index contributed by atoms with van der Waals surface area (Å²) in [6.07, 6.45) is 5.59. The Morgan fingerprint density at radius 2 is 2.12 bits per heavy atom. The van der Waals surface area contributed by atoms with Crippen molar-refractivity contribution in [3.05, 3.63) is 0 Å². The van der Waals surface area contributed by atoms with Gasteiger partial charge in [0.25, 0.3) is 0 Å². The van der Waals surface area contributed by atoms with Gasteiger partial charge in [-0.3, -0.25) is 4.90 Å². The lowest BCUT2D eigenvalue weighted by molar-refractivity contribution is -0.123. The van der Waals surface area contributed by atoms with Crippen LogP contribution in [0.4, 0.5) is 0 Å². The van der Waals surface area contributed by atoms with Gasteiger partial charge in [0.1, 0.15) is 6.29 Å². The number of rotatable bonds is 4. The minimum atomic E-state index is -0.128. The Morgan fingerprint density at radius 1 is 1.41 bits per heavy atom. The maximum absolute atomic E-state index is 11.3. The third-order valence-electron chi connectivity index (χ3n) is 3.99. The molecule has 0 spiro atoms. The lowest BCUT2D eigenvalue weighted by Gasteiger charge is -2.39. The molecular weight excluding hydrogens is 218 g/mol. The molecule has 4 heteroatoms. The fourth-order valence-electron chi connectivity index (χ4n) is 3.21. The van der Waals surface area contributed by atoms with Gasteiger partial charge in [-0.1, -0.05) is 12.8 Å². The number of ether oxygens (including phenoxy) is 1. The topological polar surface area (TPSA) is 49.8 Å². The summed E-state index contributed by atoms with van der Waals surface area (Å²) in [4.78, 5) is 13.6. The van der Waals surface area contributed by atoms with Gasteiger partial charge < -0.3 is 14.6 Å². The van der Waals surface area contributed by atoms with Crippen LogP contribution in [0.25, 0.3) is 0 Å². The van der Waals surface area contributed by atoms with Crippen molar-refractivity contribution in [2.75, 3.05) is 26.2 Å². The Bertz CT molecular complexity index is 263. The molecule has 2 aliphatic rings. The molecule has 1 aliphatic heterocycles. The summed E-state index contributed by atoms with van der Waals surface area (Å²) in [5.41, 5.74) is -0.128. The monoisotopic (exact) mass is 241 g/mol. The van der Waals surface area contributed by atoms with Crippen molar-refractivity contribution in [1.82, 2.24) is 4.90 Å². The zero-order valence-corrected chi connectivity index (χ0v) is 10.6. The fourth-order valence-corrected chi connectivity index (χ4v) is 3.21. The zero-order valence-electron chi connectivity index (χ0n) is 10.6. The van der Waals surface area contributed by atoms with Crippen LogP contribution in [0.1, 0.15) is 32.6 Å². The van der Waals surface area contributed by atoms with Crippen LogP contribution in [-0.2, 0) is 9.53 Å². The van der Waals surface area contributed by atoms with Crippen molar-refractivity contribution in [2.24, 2.45) is 5.41 Å². The van der Waals surface area contributed by atoms with Crippen LogP contribution in [0.2, 0.25) is 0 Å². The van der Waals surface area contributed by atoms with Gasteiger partial charge >= 0.3 is 0 Å². The van der Waals surface area contributed by atoms with E-state index in [1.807, 2.05) is 6.92 Å². The van der Waals surface area contributed by atoms with Gasteiger partial charge in [0.15, 0.2) is 0 Å². The summed E-state index contributed by atoms with van der Waals surface area (Å²) in [5.74, 6) is 0. The van der Waals surface area contributed by atoms with E-state index in [1.54, 1.807) is 0 Å². The van der Waals surface area contributed by atoms with Gasteiger partial charge in [0.05, 0.1) is 18.8 Å². The number of aliphatic hydroxyl groups is 1. The summed E-state index contributed by atoms with van der Waals surface area (Å²) in [5, 5.41) is 9.19. The molecule has 2 atom stereocenters. The molecule has 17 heavy (non-hydrogen) atoms. The molecule has 1 aliphatic carbocycles. The van der Waals surface area contributed by atoms with Crippen LogP contribution in [0, 0.1) is 5.41 Å². The van der Waals surface area contributed by atoms with E-state index < -0.39 is 0 Å². The number of morpholine rings is 1. The maximum Gasteiger partial charge on any atom is 0.127 e. The van der Waals surface area contributed by atoms with Gasteiger partial charge in [-0.15, -0.1) is 0 Å². The average Bonchev–Trinajstić information content (AvgIpc) is 2.77. The van der Waals surface area contributed by atoms with Crippen molar-refractivity contribution in [3.8, 4) is 0 Å². The average molecular weight is 241 g/mol. The maximum atomic E-state index is 11.3. The molecule has 1 N–H and O–H groups in total. The fraction of sp³-hybridized carbons (Fsp3) is 0.923. The van der Waals surface area contributed by atoms with Crippen LogP contribution in [-0.4, -0.2) is 54.7 Å². The first kappa shape index (κ1) is 13.0. The minimum Gasteiger partial charge on any atom is -0.394 e. The van der Waals surface area contributed by atoms with E-state index in [0.29, 0.717) is 0 Å². The minimum absolute atomic E-state index is 0.0644. The van der Waals surface area contributed by atoms with Gasteiger partial charge in [0, 0.05) is 25.0 Å². The quantitative estimate of drug-likeness (QED) is 0.741. The van der Waals surface area contributed by atoms with Crippen molar-refractivity contribution in [3.63, 3.8) is 0 Å². The van der Waals surface area contributed by atoms with Crippen LogP contribution in [0.3, 0.4) is 0 Å². The molecule has 0 aromatic rings. The van der Waals surface area contributed by atoms with Gasteiger partial charge in [-0.05, 0) is 19.8 Å². The molecule has 0 bridgehead atoms. The highest BCUT2D eigenvalue weighted by atomic mass is 16.5. The molecule has 98 valence electrons. The molecule has 2 fully saturated rings. The number of hydrogen-bond acceptors (Lipinski definition) is 4. The van der Waals surface area contributed by atoms with E-state index in [9.17, 15) is 9.90 Å². The second-order valence-corrected chi connectivity index (χ2v) is 5.63. The normalized spacial score (nSPS) is 33.8. The Kier molecular flexibility index (Phi) is 4.17. The van der Waals surface area contributed by atoms with Crippen molar-refractivity contribution in [2.45, 2.75) is 44.8 Å². The highest BCUT2D eigenvalue weighted by molar-refractivity contribution is 5.60. The first-order chi connectivity index (χ1) is 8.17. The molecule has 1 saturated heterocycles.